The van der Waals surface area contributed by atoms with Crippen LogP contribution in [-0.2, 0) is 0 Å². The maximum atomic E-state index is 12.6. The van der Waals surface area contributed by atoms with Crippen molar-refractivity contribution in [2.24, 2.45) is 0 Å². The molecule has 1 aliphatic heterocycles. The van der Waals surface area contributed by atoms with Crippen molar-refractivity contribution in [2.45, 2.75) is 6.92 Å². The van der Waals surface area contributed by atoms with Gasteiger partial charge in [0.05, 0.1) is 23.0 Å². The van der Waals surface area contributed by atoms with E-state index in [4.69, 9.17) is 0 Å². The van der Waals surface area contributed by atoms with E-state index in [0.717, 1.165) is 31.9 Å². The third-order valence-corrected chi connectivity index (χ3v) is 5.58. The lowest BCUT2D eigenvalue weighted by Gasteiger charge is -2.34. The standard InChI is InChI=1S/C23H25N7O3/c1-16-3-6-20(30(32)33)13-21(16)22(31)26-18-14-24-23(25-15-18)27-17-4-7-19(8-5-17)29-11-9-28(2)10-12-29/h3-8,13-15H,9-12H2,1-2H3,(H,26,31)(H,24,25,27). The van der Waals surface area contributed by atoms with Gasteiger partial charge in [-0.3, -0.25) is 14.9 Å². The number of non-ortho nitro benzene ring substituents is 1. The first kappa shape index (κ1) is 22.2. The number of piperazine rings is 1. The van der Waals surface area contributed by atoms with Crippen molar-refractivity contribution in [3.05, 3.63) is 76.1 Å². The topological polar surface area (TPSA) is 117 Å². The first-order valence-corrected chi connectivity index (χ1v) is 10.6. The number of nitrogens with one attached hydrogen (secondary N) is 2. The van der Waals surface area contributed by atoms with Gasteiger partial charge in [0.15, 0.2) is 0 Å². The zero-order valence-electron chi connectivity index (χ0n) is 18.5. The van der Waals surface area contributed by atoms with Gasteiger partial charge in [0.2, 0.25) is 5.95 Å². The van der Waals surface area contributed by atoms with Crippen molar-refractivity contribution in [3.8, 4) is 0 Å². The van der Waals surface area contributed by atoms with Crippen molar-refractivity contribution in [3.63, 3.8) is 0 Å². The number of aryl methyl sites for hydroxylation is 1. The number of aromatic nitrogens is 2. The van der Waals surface area contributed by atoms with E-state index in [1.54, 1.807) is 13.0 Å². The van der Waals surface area contributed by atoms with Gasteiger partial charge in [0.25, 0.3) is 11.6 Å². The molecule has 0 unspecified atom stereocenters. The average molecular weight is 447 g/mol. The summed E-state index contributed by atoms with van der Waals surface area (Å²) in [6.45, 7) is 5.84. The van der Waals surface area contributed by atoms with Gasteiger partial charge < -0.3 is 20.4 Å². The Balaban J connectivity index is 1.37. The molecular formula is C23H25N7O3. The largest absolute Gasteiger partial charge is 0.369 e. The summed E-state index contributed by atoms with van der Waals surface area (Å²) >= 11 is 0. The van der Waals surface area contributed by atoms with E-state index in [1.807, 2.05) is 12.1 Å². The second-order valence-electron chi connectivity index (χ2n) is 7.97. The summed E-state index contributed by atoms with van der Waals surface area (Å²) in [4.78, 5) is 36.2. The van der Waals surface area contributed by atoms with E-state index in [0.29, 0.717) is 17.2 Å². The molecule has 2 N–H and O–H groups in total. The Bertz CT molecular complexity index is 1140. The average Bonchev–Trinajstić information content (AvgIpc) is 2.81. The van der Waals surface area contributed by atoms with Crippen LogP contribution < -0.4 is 15.5 Å². The summed E-state index contributed by atoms with van der Waals surface area (Å²) in [5, 5.41) is 16.8. The highest BCUT2D eigenvalue weighted by atomic mass is 16.6. The summed E-state index contributed by atoms with van der Waals surface area (Å²) in [6, 6.07) is 12.3. The first-order chi connectivity index (χ1) is 15.9. The highest BCUT2D eigenvalue weighted by Crippen LogP contribution is 2.22. The van der Waals surface area contributed by atoms with Crippen LogP contribution in [0.25, 0.3) is 0 Å². The van der Waals surface area contributed by atoms with Crippen LogP contribution in [0, 0.1) is 17.0 Å². The lowest BCUT2D eigenvalue weighted by Crippen LogP contribution is -2.44. The highest BCUT2D eigenvalue weighted by molar-refractivity contribution is 6.05. The number of hydrogen-bond acceptors (Lipinski definition) is 8. The molecule has 33 heavy (non-hydrogen) atoms. The number of rotatable bonds is 6. The van der Waals surface area contributed by atoms with Gasteiger partial charge in [-0.15, -0.1) is 0 Å². The molecule has 0 aliphatic carbocycles. The summed E-state index contributed by atoms with van der Waals surface area (Å²) < 4.78 is 0. The number of nitro benzene ring substituents is 1. The molecule has 1 saturated heterocycles. The minimum Gasteiger partial charge on any atom is -0.369 e. The molecule has 1 aromatic heterocycles. The van der Waals surface area contributed by atoms with E-state index in [9.17, 15) is 14.9 Å². The van der Waals surface area contributed by atoms with Crippen molar-refractivity contribution in [1.29, 1.82) is 0 Å². The summed E-state index contributed by atoms with van der Waals surface area (Å²) in [6.07, 6.45) is 2.97. The van der Waals surface area contributed by atoms with Crippen molar-refractivity contribution < 1.29 is 9.72 Å². The Labute approximate surface area is 191 Å². The monoisotopic (exact) mass is 447 g/mol. The van der Waals surface area contributed by atoms with E-state index < -0.39 is 10.8 Å². The van der Waals surface area contributed by atoms with E-state index in [-0.39, 0.29) is 11.3 Å². The molecule has 1 amide bonds. The molecule has 1 aliphatic rings. The predicted octanol–water partition coefficient (Wildman–Crippen LogP) is 3.44. The number of nitro groups is 1. The number of amides is 1. The number of benzene rings is 2. The number of nitrogens with zero attached hydrogens (tertiary/aromatic N) is 5. The SMILES string of the molecule is Cc1ccc([N+](=O)[O-])cc1C(=O)Nc1cnc(Nc2ccc(N3CCN(C)CC3)cc2)nc1. The maximum absolute atomic E-state index is 12.6. The Hall–Kier alpha value is -4.05. The van der Waals surface area contributed by atoms with Crippen LogP contribution in [0.15, 0.2) is 54.9 Å². The minimum atomic E-state index is -0.530. The fourth-order valence-electron chi connectivity index (χ4n) is 3.57. The second kappa shape index (κ2) is 9.61. The van der Waals surface area contributed by atoms with Gasteiger partial charge in [-0.1, -0.05) is 6.07 Å². The van der Waals surface area contributed by atoms with E-state index in [2.05, 4.69) is 49.6 Å². The molecule has 2 aromatic carbocycles. The summed E-state index contributed by atoms with van der Waals surface area (Å²) in [7, 11) is 2.13. The minimum absolute atomic E-state index is 0.139. The maximum Gasteiger partial charge on any atom is 0.270 e. The van der Waals surface area contributed by atoms with Crippen LogP contribution in [0.4, 0.5) is 28.7 Å². The third-order valence-electron chi connectivity index (χ3n) is 5.58. The Morgan fingerprint density at radius 2 is 1.67 bits per heavy atom. The third kappa shape index (κ3) is 5.42. The van der Waals surface area contributed by atoms with Gasteiger partial charge in [0, 0.05) is 55.2 Å². The fraction of sp³-hybridized carbons (Fsp3) is 0.261. The Morgan fingerprint density at radius 1 is 1.00 bits per heavy atom. The highest BCUT2D eigenvalue weighted by Gasteiger charge is 2.16. The van der Waals surface area contributed by atoms with Crippen LogP contribution in [0.5, 0.6) is 0 Å². The Morgan fingerprint density at radius 3 is 2.30 bits per heavy atom. The van der Waals surface area contributed by atoms with Gasteiger partial charge in [-0.25, -0.2) is 9.97 Å². The van der Waals surface area contributed by atoms with Crippen LogP contribution in [-0.4, -0.2) is 58.9 Å². The van der Waals surface area contributed by atoms with Crippen molar-refractivity contribution >= 4 is 34.6 Å². The lowest BCUT2D eigenvalue weighted by atomic mass is 10.1. The zero-order valence-corrected chi connectivity index (χ0v) is 18.5. The number of carbonyl (C=O) groups is 1. The fourth-order valence-corrected chi connectivity index (χ4v) is 3.57. The molecule has 0 radical (unpaired) electrons. The van der Waals surface area contributed by atoms with Crippen LogP contribution >= 0.6 is 0 Å². The molecule has 2 heterocycles. The second-order valence-corrected chi connectivity index (χ2v) is 7.97. The van der Waals surface area contributed by atoms with Gasteiger partial charge in [-0.05, 0) is 43.8 Å². The number of hydrogen-bond donors (Lipinski definition) is 2. The Kier molecular flexibility index (Phi) is 6.45. The molecule has 0 spiro atoms. The van der Waals surface area contributed by atoms with Crippen molar-refractivity contribution in [1.82, 2.24) is 14.9 Å². The predicted molar refractivity (Wildman–Crippen MR) is 127 cm³/mol. The lowest BCUT2D eigenvalue weighted by molar-refractivity contribution is -0.384. The smallest absolute Gasteiger partial charge is 0.270 e. The van der Waals surface area contributed by atoms with Crippen molar-refractivity contribution in [2.75, 3.05) is 48.8 Å². The quantitative estimate of drug-likeness (QED) is 0.436. The number of likely N-dealkylation sites (N-methyl/N-ethyl adjacent to an activating group) is 1. The van der Waals surface area contributed by atoms with Crippen LogP contribution in [0.2, 0.25) is 0 Å². The van der Waals surface area contributed by atoms with E-state index >= 15 is 0 Å². The molecule has 0 atom stereocenters. The van der Waals surface area contributed by atoms with Crippen LogP contribution in [0.1, 0.15) is 15.9 Å². The van der Waals surface area contributed by atoms with Gasteiger partial charge >= 0.3 is 0 Å². The van der Waals surface area contributed by atoms with E-state index in [1.165, 1.54) is 30.2 Å². The normalized spacial score (nSPS) is 14.1. The first-order valence-electron chi connectivity index (χ1n) is 10.6. The molecule has 0 saturated carbocycles. The summed E-state index contributed by atoms with van der Waals surface area (Å²) in [5.41, 5.74) is 3.16. The molecule has 10 nitrogen and oxygen atoms in total. The molecule has 170 valence electrons. The number of anilines is 4. The van der Waals surface area contributed by atoms with Gasteiger partial charge in [-0.2, -0.15) is 0 Å². The zero-order chi connectivity index (χ0) is 23.4. The molecule has 1 fully saturated rings. The van der Waals surface area contributed by atoms with Crippen LogP contribution in [0.3, 0.4) is 0 Å². The molecular weight excluding hydrogens is 422 g/mol. The molecule has 3 aromatic rings. The molecule has 10 heteroatoms. The molecule has 4 rings (SSSR count). The van der Waals surface area contributed by atoms with Gasteiger partial charge in [0.1, 0.15) is 0 Å². The summed E-state index contributed by atoms with van der Waals surface area (Å²) in [5.74, 6) is -0.0631. The number of carbonyl (C=O) groups excluding carboxylic acids is 1. The molecule has 0 bridgehead atoms.